The molecular formula is C19H22N4S. The molecule has 0 spiro atoms. The van der Waals surface area contributed by atoms with Crippen LogP contribution < -0.4 is 10.2 Å². The molecule has 0 radical (unpaired) electrons. The second-order valence-corrected chi connectivity index (χ2v) is 7.27. The zero-order valence-corrected chi connectivity index (χ0v) is 15.0. The summed E-state index contributed by atoms with van der Waals surface area (Å²) in [7, 11) is 0. The summed E-state index contributed by atoms with van der Waals surface area (Å²) < 4.78 is 0. The summed E-state index contributed by atoms with van der Waals surface area (Å²) >= 11 is 1.71. The van der Waals surface area contributed by atoms with Crippen LogP contribution >= 0.6 is 11.3 Å². The zero-order valence-electron chi connectivity index (χ0n) is 14.2. The number of fused-ring (bicyclic) bond motifs is 1. The van der Waals surface area contributed by atoms with E-state index in [4.69, 9.17) is 0 Å². The van der Waals surface area contributed by atoms with Crippen LogP contribution in [-0.2, 0) is 0 Å². The average Bonchev–Trinajstić information content (AvgIpc) is 2.84. The molecule has 1 N–H and O–H groups in total. The Bertz CT molecular complexity index is 863. The van der Waals surface area contributed by atoms with E-state index in [1.54, 1.807) is 17.7 Å². The largest absolute Gasteiger partial charge is 0.355 e. The highest BCUT2D eigenvalue weighted by Gasteiger charge is 2.19. The molecule has 0 aliphatic carbocycles. The predicted octanol–water partition coefficient (Wildman–Crippen LogP) is 3.77. The van der Waals surface area contributed by atoms with Crippen LogP contribution in [0.2, 0.25) is 0 Å². The maximum atomic E-state index is 4.66. The molecular weight excluding hydrogens is 316 g/mol. The smallest absolute Gasteiger partial charge is 0.141 e. The van der Waals surface area contributed by atoms with Gasteiger partial charge in [-0.1, -0.05) is 18.2 Å². The van der Waals surface area contributed by atoms with Crippen molar-refractivity contribution in [2.24, 2.45) is 0 Å². The molecule has 1 fully saturated rings. The zero-order chi connectivity index (χ0) is 16.5. The van der Waals surface area contributed by atoms with Gasteiger partial charge in [0.1, 0.15) is 17.0 Å². The highest BCUT2D eigenvalue weighted by molar-refractivity contribution is 7.17. The molecule has 1 saturated heterocycles. The standard InChI is InChI=1S/C19H22N4S/c1-13-4-5-15(10-14(13)2)16-11-24-19-17(16)18(21-12-22-19)23-8-3-6-20-7-9-23/h4-5,10-12,20H,3,6-9H2,1-2H3. The Morgan fingerprint density at radius 3 is 2.88 bits per heavy atom. The average molecular weight is 338 g/mol. The second kappa shape index (κ2) is 6.49. The number of rotatable bonds is 2. The maximum Gasteiger partial charge on any atom is 0.141 e. The first-order valence-corrected chi connectivity index (χ1v) is 9.37. The van der Waals surface area contributed by atoms with Crippen LogP contribution in [0, 0.1) is 13.8 Å². The molecule has 2 aromatic heterocycles. The lowest BCUT2D eigenvalue weighted by molar-refractivity contribution is 0.724. The molecule has 4 rings (SSSR count). The molecule has 4 nitrogen and oxygen atoms in total. The minimum Gasteiger partial charge on any atom is -0.355 e. The molecule has 5 heteroatoms. The first kappa shape index (κ1) is 15.5. The number of hydrogen-bond acceptors (Lipinski definition) is 5. The van der Waals surface area contributed by atoms with Gasteiger partial charge in [0.25, 0.3) is 0 Å². The Balaban J connectivity index is 1.86. The van der Waals surface area contributed by atoms with Crippen LogP contribution in [-0.4, -0.2) is 36.1 Å². The SMILES string of the molecule is Cc1ccc(-c2csc3ncnc(N4CCCNCC4)c23)cc1C. The maximum absolute atomic E-state index is 4.66. The van der Waals surface area contributed by atoms with Crippen molar-refractivity contribution < 1.29 is 0 Å². The highest BCUT2D eigenvalue weighted by atomic mass is 32.1. The van der Waals surface area contributed by atoms with Gasteiger partial charge in [0, 0.05) is 30.6 Å². The lowest BCUT2D eigenvalue weighted by Crippen LogP contribution is -2.28. The Morgan fingerprint density at radius 1 is 1.08 bits per heavy atom. The fourth-order valence-corrected chi connectivity index (χ4v) is 4.19. The van der Waals surface area contributed by atoms with Crippen molar-refractivity contribution in [1.29, 1.82) is 0 Å². The number of aryl methyl sites for hydroxylation is 2. The van der Waals surface area contributed by atoms with Gasteiger partial charge >= 0.3 is 0 Å². The summed E-state index contributed by atoms with van der Waals surface area (Å²) in [4.78, 5) is 12.7. The third-order valence-corrected chi connectivity index (χ3v) is 5.69. The molecule has 0 bridgehead atoms. The van der Waals surface area contributed by atoms with Gasteiger partial charge in [-0.15, -0.1) is 11.3 Å². The molecule has 0 amide bonds. The molecule has 3 aromatic rings. The lowest BCUT2D eigenvalue weighted by Gasteiger charge is -2.22. The third-order valence-electron chi connectivity index (χ3n) is 4.81. The van der Waals surface area contributed by atoms with Crippen molar-refractivity contribution in [2.75, 3.05) is 31.1 Å². The van der Waals surface area contributed by atoms with Crippen molar-refractivity contribution >= 4 is 27.4 Å². The quantitative estimate of drug-likeness (QED) is 0.772. The molecule has 0 saturated carbocycles. The van der Waals surface area contributed by atoms with Gasteiger partial charge in [-0.2, -0.15) is 0 Å². The third kappa shape index (κ3) is 2.78. The summed E-state index contributed by atoms with van der Waals surface area (Å²) in [5, 5.41) is 6.89. The van der Waals surface area contributed by atoms with Gasteiger partial charge < -0.3 is 10.2 Å². The number of nitrogens with zero attached hydrogens (tertiary/aromatic N) is 3. The fraction of sp³-hybridized carbons (Fsp3) is 0.368. The van der Waals surface area contributed by atoms with Crippen molar-refractivity contribution in [3.05, 3.63) is 41.0 Å². The van der Waals surface area contributed by atoms with Gasteiger partial charge in [-0.3, -0.25) is 0 Å². The number of anilines is 1. The minimum atomic E-state index is 0.994. The van der Waals surface area contributed by atoms with Gasteiger partial charge in [0.15, 0.2) is 0 Å². The molecule has 1 aromatic carbocycles. The van der Waals surface area contributed by atoms with Gasteiger partial charge in [0.2, 0.25) is 0 Å². The van der Waals surface area contributed by atoms with Crippen LogP contribution in [0.25, 0.3) is 21.3 Å². The van der Waals surface area contributed by atoms with Crippen molar-refractivity contribution in [2.45, 2.75) is 20.3 Å². The Morgan fingerprint density at radius 2 is 2.00 bits per heavy atom. The summed E-state index contributed by atoms with van der Waals surface area (Å²) in [5.74, 6) is 1.08. The monoisotopic (exact) mass is 338 g/mol. The minimum absolute atomic E-state index is 0.994. The van der Waals surface area contributed by atoms with E-state index in [0.29, 0.717) is 0 Å². The van der Waals surface area contributed by atoms with Gasteiger partial charge in [-0.25, -0.2) is 9.97 Å². The molecule has 3 heterocycles. The van der Waals surface area contributed by atoms with Crippen LogP contribution in [0.4, 0.5) is 5.82 Å². The summed E-state index contributed by atoms with van der Waals surface area (Å²) in [6.07, 6.45) is 2.85. The van der Waals surface area contributed by atoms with E-state index >= 15 is 0 Å². The van der Waals surface area contributed by atoms with E-state index in [1.807, 2.05) is 0 Å². The Labute approximate surface area is 146 Å². The van der Waals surface area contributed by atoms with Crippen LogP contribution in [0.15, 0.2) is 29.9 Å². The van der Waals surface area contributed by atoms with E-state index in [1.165, 1.54) is 27.6 Å². The van der Waals surface area contributed by atoms with Gasteiger partial charge in [-0.05, 0) is 43.5 Å². The van der Waals surface area contributed by atoms with E-state index in [-0.39, 0.29) is 0 Å². The normalized spacial score (nSPS) is 15.7. The molecule has 124 valence electrons. The topological polar surface area (TPSA) is 41.1 Å². The summed E-state index contributed by atoms with van der Waals surface area (Å²) in [6.45, 7) is 8.46. The second-order valence-electron chi connectivity index (χ2n) is 6.42. The lowest BCUT2D eigenvalue weighted by atomic mass is 10.0. The van der Waals surface area contributed by atoms with Crippen molar-refractivity contribution in [1.82, 2.24) is 15.3 Å². The fourth-order valence-electron chi connectivity index (χ4n) is 3.28. The van der Waals surface area contributed by atoms with Crippen LogP contribution in [0.3, 0.4) is 0 Å². The molecule has 1 aliphatic heterocycles. The number of aromatic nitrogens is 2. The first-order valence-electron chi connectivity index (χ1n) is 8.49. The number of nitrogens with one attached hydrogen (secondary N) is 1. The number of benzene rings is 1. The van der Waals surface area contributed by atoms with Crippen molar-refractivity contribution in [3.8, 4) is 11.1 Å². The van der Waals surface area contributed by atoms with Crippen molar-refractivity contribution in [3.63, 3.8) is 0 Å². The number of hydrogen-bond donors (Lipinski definition) is 1. The Hall–Kier alpha value is -1.98. The molecule has 0 atom stereocenters. The Kier molecular flexibility index (Phi) is 4.21. The van der Waals surface area contributed by atoms with E-state index in [0.717, 1.165) is 43.2 Å². The van der Waals surface area contributed by atoms with E-state index in [9.17, 15) is 0 Å². The van der Waals surface area contributed by atoms with E-state index in [2.05, 4.69) is 57.6 Å². The van der Waals surface area contributed by atoms with Crippen LogP contribution in [0.1, 0.15) is 17.5 Å². The molecule has 24 heavy (non-hydrogen) atoms. The predicted molar refractivity (Wildman–Crippen MR) is 102 cm³/mol. The summed E-state index contributed by atoms with van der Waals surface area (Å²) in [6, 6.07) is 6.69. The van der Waals surface area contributed by atoms with Crippen LogP contribution in [0.5, 0.6) is 0 Å². The first-order chi connectivity index (χ1) is 11.7. The number of thiophene rings is 1. The highest BCUT2D eigenvalue weighted by Crippen LogP contribution is 2.38. The summed E-state index contributed by atoms with van der Waals surface area (Å²) in [5.41, 5.74) is 5.16. The molecule has 0 unspecified atom stereocenters. The molecule has 1 aliphatic rings. The van der Waals surface area contributed by atoms with Gasteiger partial charge in [0.05, 0.1) is 5.39 Å². The van der Waals surface area contributed by atoms with E-state index < -0.39 is 0 Å².